The van der Waals surface area contributed by atoms with E-state index in [9.17, 15) is 4.79 Å². The van der Waals surface area contributed by atoms with Gasteiger partial charge in [-0.1, -0.05) is 0 Å². The third-order valence-electron chi connectivity index (χ3n) is 4.17. The number of fused-ring (bicyclic) bond motifs is 3. The number of nitrogens with two attached hydrogens (primary N) is 1. The number of rotatable bonds is 2. The molecule has 0 spiro atoms. The number of aromatic nitrogens is 3. The summed E-state index contributed by atoms with van der Waals surface area (Å²) in [7, 11) is 0. The maximum absolute atomic E-state index is 11.7. The van der Waals surface area contributed by atoms with E-state index in [1.54, 1.807) is 12.4 Å². The SMILES string of the molecule is NC(=O)C1CCCN1c1cncc2cnc3[nH]ccc3c12. The Kier molecular flexibility index (Phi) is 2.57. The Labute approximate surface area is 121 Å². The van der Waals surface area contributed by atoms with Gasteiger partial charge in [-0.25, -0.2) is 4.98 Å². The maximum Gasteiger partial charge on any atom is 0.240 e. The maximum atomic E-state index is 11.7. The van der Waals surface area contributed by atoms with Crippen molar-refractivity contribution in [1.82, 2.24) is 15.0 Å². The molecule has 0 saturated carbocycles. The second-order valence-electron chi connectivity index (χ2n) is 5.37. The van der Waals surface area contributed by atoms with E-state index in [0.29, 0.717) is 0 Å². The molecule has 4 rings (SSSR count). The number of H-pyrrole nitrogens is 1. The van der Waals surface area contributed by atoms with E-state index in [2.05, 4.69) is 19.9 Å². The van der Waals surface area contributed by atoms with Gasteiger partial charge < -0.3 is 15.6 Å². The number of hydrogen-bond donors (Lipinski definition) is 2. The van der Waals surface area contributed by atoms with Gasteiger partial charge in [-0.15, -0.1) is 0 Å². The van der Waals surface area contributed by atoms with Gasteiger partial charge in [0.15, 0.2) is 0 Å². The lowest BCUT2D eigenvalue weighted by Gasteiger charge is -2.25. The molecule has 0 aromatic carbocycles. The molecule has 1 fully saturated rings. The van der Waals surface area contributed by atoms with Crippen molar-refractivity contribution in [2.24, 2.45) is 5.73 Å². The summed E-state index contributed by atoms with van der Waals surface area (Å²) in [6.45, 7) is 0.822. The number of aromatic amines is 1. The average Bonchev–Trinajstić information content (AvgIpc) is 3.15. The Balaban J connectivity index is 2.00. The first-order chi connectivity index (χ1) is 10.3. The fourth-order valence-electron chi connectivity index (χ4n) is 3.23. The van der Waals surface area contributed by atoms with Crippen LogP contribution in [0.2, 0.25) is 0 Å². The third kappa shape index (κ3) is 1.75. The summed E-state index contributed by atoms with van der Waals surface area (Å²) in [5.74, 6) is -0.274. The fraction of sp³-hybridized carbons (Fsp3) is 0.267. The molecule has 6 nitrogen and oxygen atoms in total. The van der Waals surface area contributed by atoms with Gasteiger partial charge in [-0.2, -0.15) is 0 Å². The molecule has 1 amide bonds. The Morgan fingerprint density at radius 2 is 2.29 bits per heavy atom. The number of primary amides is 1. The number of carbonyl (C=O) groups excluding carboxylic acids is 1. The smallest absolute Gasteiger partial charge is 0.240 e. The summed E-state index contributed by atoms with van der Waals surface area (Å²) >= 11 is 0. The zero-order valence-electron chi connectivity index (χ0n) is 11.4. The van der Waals surface area contributed by atoms with Crippen LogP contribution in [0.15, 0.2) is 30.9 Å². The summed E-state index contributed by atoms with van der Waals surface area (Å²) in [5, 5.41) is 3.08. The van der Waals surface area contributed by atoms with Crippen LogP contribution in [0, 0.1) is 0 Å². The molecule has 6 heteroatoms. The highest BCUT2D eigenvalue weighted by molar-refractivity contribution is 6.11. The van der Waals surface area contributed by atoms with Crippen LogP contribution in [-0.2, 0) is 4.79 Å². The summed E-state index contributed by atoms with van der Waals surface area (Å²) in [4.78, 5) is 25.6. The van der Waals surface area contributed by atoms with Crippen LogP contribution in [0.25, 0.3) is 21.8 Å². The van der Waals surface area contributed by atoms with Crippen molar-refractivity contribution < 1.29 is 4.79 Å². The first kappa shape index (κ1) is 12.1. The molecule has 1 aliphatic rings. The second kappa shape index (κ2) is 4.44. The number of nitrogens with zero attached hydrogens (tertiary/aromatic N) is 3. The van der Waals surface area contributed by atoms with E-state index < -0.39 is 0 Å². The molecule has 1 aliphatic heterocycles. The normalized spacial score (nSPS) is 18.7. The van der Waals surface area contributed by atoms with Crippen LogP contribution in [0.1, 0.15) is 12.8 Å². The molecule has 21 heavy (non-hydrogen) atoms. The lowest BCUT2D eigenvalue weighted by Crippen LogP contribution is -2.40. The van der Waals surface area contributed by atoms with E-state index in [0.717, 1.165) is 46.9 Å². The number of hydrogen-bond acceptors (Lipinski definition) is 4. The molecule has 1 atom stereocenters. The molecule has 0 bridgehead atoms. The van der Waals surface area contributed by atoms with Crippen LogP contribution in [0.4, 0.5) is 5.69 Å². The lowest BCUT2D eigenvalue weighted by molar-refractivity contribution is -0.119. The van der Waals surface area contributed by atoms with Gasteiger partial charge in [0.25, 0.3) is 0 Å². The summed E-state index contributed by atoms with van der Waals surface area (Å²) in [6.07, 6.45) is 9.05. The monoisotopic (exact) mass is 281 g/mol. The lowest BCUT2D eigenvalue weighted by atomic mass is 10.1. The van der Waals surface area contributed by atoms with E-state index in [4.69, 9.17) is 5.73 Å². The topological polar surface area (TPSA) is 87.9 Å². The van der Waals surface area contributed by atoms with Crippen molar-refractivity contribution >= 4 is 33.4 Å². The van der Waals surface area contributed by atoms with Crippen molar-refractivity contribution in [2.45, 2.75) is 18.9 Å². The van der Waals surface area contributed by atoms with Crippen LogP contribution in [-0.4, -0.2) is 33.4 Å². The van der Waals surface area contributed by atoms with Crippen molar-refractivity contribution in [2.75, 3.05) is 11.4 Å². The molecule has 3 N–H and O–H groups in total. The highest BCUT2D eigenvalue weighted by Gasteiger charge is 2.30. The highest BCUT2D eigenvalue weighted by atomic mass is 16.1. The molecule has 3 aromatic rings. The summed E-state index contributed by atoms with van der Waals surface area (Å²) < 4.78 is 0. The average molecular weight is 281 g/mol. The van der Waals surface area contributed by atoms with Gasteiger partial charge in [-0.3, -0.25) is 9.78 Å². The summed E-state index contributed by atoms with van der Waals surface area (Å²) in [6, 6.07) is 1.75. The van der Waals surface area contributed by atoms with E-state index >= 15 is 0 Å². The van der Waals surface area contributed by atoms with Crippen LogP contribution >= 0.6 is 0 Å². The number of carbonyl (C=O) groups is 1. The van der Waals surface area contributed by atoms with Gasteiger partial charge >= 0.3 is 0 Å². The summed E-state index contributed by atoms with van der Waals surface area (Å²) in [5.41, 5.74) is 7.34. The standard InChI is InChI=1S/C15H15N5O/c16-14(21)11-2-1-5-20(11)12-8-17-6-9-7-19-15-10(13(9)12)3-4-18-15/h3-4,6-8,11H,1-2,5H2,(H2,16,21)(H,18,19). The molecule has 1 unspecified atom stereocenters. The van der Waals surface area contributed by atoms with E-state index in [1.165, 1.54) is 0 Å². The quantitative estimate of drug-likeness (QED) is 0.746. The minimum absolute atomic E-state index is 0.250. The molecule has 0 radical (unpaired) electrons. The predicted octanol–water partition coefficient (Wildman–Crippen LogP) is 1.57. The van der Waals surface area contributed by atoms with Crippen LogP contribution in [0.3, 0.4) is 0 Å². The second-order valence-corrected chi connectivity index (χ2v) is 5.37. The largest absolute Gasteiger partial charge is 0.368 e. The zero-order valence-corrected chi connectivity index (χ0v) is 11.4. The molecule has 3 aromatic heterocycles. The number of amides is 1. The Hall–Kier alpha value is -2.63. The fourth-order valence-corrected chi connectivity index (χ4v) is 3.23. The van der Waals surface area contributed by atoms with Crippen molar-refractivity contribution in [3.8, 4) is 0 Å². The number of pyridine rings is 2. The Morgan fingerprint density at radius 3 is 3.14 bits per heavy atom. The predicted molar refractivity (Wildman–Crippen MR) is 81.0 cm³/mol. The molecule has 4 heterocycles. The van der Waals surface area contributed by atoms with Gasteiger partial charge in [0.2, 0.25) is 5.91 Å². The van der Waals surface area contributed by atoms with E-state index in [1.807, 2.05) is 18.5 Å². The van der Waals surface area contributed by atoms with Crippen LogP contribution in [0.5, 0.6) is 0 Å². The van der Waals surface area contributed by atoms with E-state index in [-0.39, 0.29) is 11.9 Å². The van der Waals surface area contributed by atoms with Crippen molar-refractivity contribution in [3.05, 3.63) is 30.9 Å². The number of anilines is 1. The Morgan fingerprint density at radius 1 is 1.38 bits per heavy atom. The first-order valence-electron chi connectivity index (χ1n) is 7.01. The highest BCUT2D eigenvalue weighted by Crippen LogP contribution is 2.34. The molecular formula is C15H15N5O. The van der Waals surface area contributed by atoms with Crippen molar-refractivity contribution in [3.63, 3.8) is 0 Å². The number of nitrogens with one attached hydrogen (secondary N) is 1. The third-order valence-corrected chi connectivity index (χ3v) is 4.17. The molecule has 0 aliphatic carbocycles. The minimum atomic E-state index is -0.274. The minimum Gasteiger partial charge on any atom is -0.368 e. The van der Waals surface area contributed by atoms with Gasteiger partial charge in [0.05, 0.1) is 11.9 Å². The molecule has 1 saturated heterocycles. The van der Waals surface area contributed by atoms with Gasteiger partial charge in [-0.05, 0) is 18.9 Å². The van der Waals surface area contributed by atoms with Gasteiger partial charge in [0, 0.05) is 41.3 Å². The van der Waals surface area contributed by atoms with Crippen LogP contribution < -0.4 is 10.6 Å². The Bertz CT molecular complexity index is 840. The zero-order chi connectivity index (χ0) is 14.4. The molecular weight excluding hydrogens is 266 g/mol. The van der Waals surface area contributed by atoms with Gasteiger partial charge in [0.1, 0.15) is 11.7 Å². The molecule has 106 valence electrons. The van der Waals surface area contributed by atoms with Crippen molar-refractivity contribution in [1.29, 1.82) is 0 Å². The first-order valence-corrected chi connectivity index (χ1v) is 7.01.